The molecule has 2 fully saturated rings. The number of amides is 1. The van der Waals surface area contributed by atoms with Gasteiger partial charge >= 0.3 is 5.97 Å². The first-order valence-electron chi connectivity index (χ1n) is 10.7. The Hall–Kier alpha value is -2.32. The van der Waals surface area contributed by atoms with Crippen molar-refractivity contribution in [3.63, 3.8) is 0 Å². The van der Waals surface area contributed by atoms with Crippen molar-refractivity contribution in [2.75, 3.05) is 33.4 Å². The van der Waals surface area contributed by atoms with Gasteiger partial charge in [-0.2, -0.15) is 0 Å². The Morgan fingerprint density at radius 3 is 2.48 bits per heavy atom. The van der Waals surface area contributed by atoms with Crippen LogP contribution in [0.5, 0.6) is 5.75 Å². The van der Waals surface area contributed by atoms with Crippen LogP contribution in [0.2, 0.25) is 5.02 Å². The number of nitrogens with one attached hydrogen (secondary N) is 1. The molecule has 2 aromatic rings. The van der Waals surface area contributed by atoms with Gasteiger partial charge in [-0.1, -0.05) is 29.8 Å². The maximum absolute atomic E-state index is 13.5. The first kappa shape index (κ1) is 25.3. The highest BCUT2D eigenvalue weighted by Gasteiger charge is 2.52. The SMILES string of the molecule is CN(CCOc1cccc(Cl)c1)C1(C(=O)NC2(c3ccc(C(=O)O)cc3)CC2)CCOC1.Cl. The van der Waals surface area contributed by atoms with Gasteiger partial charge in [-0.25, -0.2) is 4.79 Å². The van der Waals surface area contributed by atoms with Gasteiger partial charge < -0.3 is 19.9 Å². The molecule has 4 rings (SSSR count). The smallest absolute Gasteiger partial charge is 0.335 e. The molecule has 0 aromatic heterocycles. The van der Waals surface area contributed by atoms with Crippen molar-refractivity contribution in [3.8, 4) is 5.75 Å². The minimum atomic E-state index is -0.964. The van der Waals surface area contributed by atoms with Gasteiger partial charge in [0.15, 0.2) is 0 Å². The number of ether oxygens (including phenoxy) is 2. The number of carboxylic acid groups (broad SMARTS) is 1. The van der Waals surface area contributed by atoms with E-state index in [-0.39, 0.29) is 23.9 Å². The van der Waals surface area contributed by atoms with Crippen molar-refractivity contribution < 1.29 is 24.2 Å². The Morgan fingerprint density at radius 2 is 1.91 bits per heavy atom. The molecule has 9 heteroatoms. The number of hydrogen-bond acceptors (Lipinski definition) is 5. The van der Waals surface area contributed by atoms with E-state index in [1.165, 1.54) is 0 Å². The average molecular weight is 495 g/mol. The van der Waals surface area contributed by atoms with E-state index in [4.69, 9.17) is 26.2 Å². The summed E-state index contributed by atoms with van der Waals surface area (Å²) in [6, 6.07) is 14.0. The molecule has 0 radical (unpaired) electrons. The molecule has 2 aliphatic rings. The van der Waals surface area contributed by atoms with Gasteiger partial charge in [-0.15, -0.1) is 12.4 Å². The Morgan fingerprint density at radius 1 is 1.18 bits per heavy atom. The van der Waals surface area contributed by atoms with Crippen molar-refractivity contribution in [3.05, 3.63) is 64.7 Å². The molecule has 2 aromatic carbocycles. The minimum Gasteiger partial charge on any atom is -0.492 e. The number of carbonyl (C=O) groups excluding carboxylic acids is 1. The summed E-state index contributed by atoms with van der Waals surface area (Å²) in [5.41, 5.74) is -0.0521. The van der Waals surface area contributed by atoms with E-state index in [1.54, 1.807) is 36.4 Å². The molecule has 1 aliphatic carbocycles. The third-order valence-corrected chi connectivity index (χ3v) is 6.67. The fourth-order valence-electron chi connectivity index (χ4n) is 4.16. The molecule has 2 N–H and O–H groups in total. The first-order chi connectivity index (χ1) is 15.3. The summed E-state index contributed by atoms with van der Waals surface area (Å²) in [4.78, 5) is 26.6. The zero-order valence-electron chi connectivity index (χ0n) is 18.4. The fraction of sp³-hybridized carbons (Fsp3) is 0.417. The quantitative estimate of drug-likeness (QED) is 0.551. The Bertz CT molecular complexity index is 989. The van der Waals surface area contributed by atoms with Crippen LogP contribution in [0, 0.1) is 0 Å². The maximum atomic E-state index is 13.5. The van der Waals surface area contributed by atoms with Gasteiger partial charge in [-0.3, -0.25) is 9.69 Å². The van der Waals surface area contributed by atoms with Crippen molar-refractivity contribution >= 4 is 35.9 Å². The van der Waals surface area contributed by atoms with Crippen LogP contribution in [0.1, 0.15) is 35.2 Å². The van der Waals surface area contributed by atoms with Crippen LogP contribution in [-0.4, -0.2) is 60.8 Å². The van der Waals surface area contributed by atoms with Crippen molar-refractivity contribution in [1.82, 2.24) is 10.2 Å². The minimum absolute atomic E-state index is 0. The molecule has 0 bridgehead atoms. The van der Waals surface area contributed by atoms with Crippen LogP contribution in [0.4, 0.5) is 0 Å². The molecule has 1 amide bonds. The van der Waals surface area contributed by atoms with E-state index in [9.17, 15) is 9.59 Å². The number of carbonyl (C=O) groups is 2. The zero-order chi connectivity index (χ0) is 22.8. The number of aromatic carboxylic acids is 1. The second kappa shape index (κ2) is 10.3. The van der Waals surface area contributed by atoms with Gasteiger partial charge in [0.2, 0.25) is 5.91 Å². The van der Waals surface area contributed by atoms with Gasteiger partial charge in [-0.05, 0) is 55.8 Å². The third kappa shape index (κ3) is 5.44. The lowest BCUT2D eigenvalue weighted by atomic mass is 9.93. The summed E-state index contributed by atoms with van der Waals surface area (Å²) in [5.74, 6) is -0.344. The fourth-order valence-corrected chi connectivity index (χ4v) is 4.34. The Labute approximate surface area is 204 Å². The van der Waals surface area contributed by atoms with E-state index < -0.39 is 17.0 Å². The second-order valence-electron chi connectivity index (χ2n) is 8.48. The molecule has 7 nitrogen and oxygen atoms in total. The van der Waals surface area contributed by atoms with E-state index in [2.05, 4.69) is 5.32 Å². The standard InChI is InChI=1S/C24H27ClN2O5.ClH/c1-27(12-14-32-20-4-2-3-19(25)15-20)24(11-13-31-16-24)22(30)26-23(9-10-23)18-7-5-17(6-8-18)21(28)29;/h2-8,15H,9-14,16H2,1H3,(H,26,30)(H,28,29);1H. The molecule has 1 saturated heterocycles. The number of rotatable bonds is 9. The highest BCUT2D eigenvalue weighted by Crippen LogP contribution is 2.46. The van der Waals surface area contributed by atoms with Gasteiger partial charge in [0, 0.05) is 24.6 Å². The van der Waals surface area contributed by atoms with Crippen molar-refractivity contribution in [2.45, 2.75) is 30.3 Å². The van der Waals surface area contributed by atoms with Crippen molar-refractivity contribution in [2.24, 2.45) is 0 Å². The molecular weight excluding hydrogens is 467 g/mol. The first-order valence-corrected chi connectivity index (χ1v) is 11.1. The monoisotopic (exact) mass is 494 g/mol. The van der Waals surface area contributed by atoms with Crippen LogP contribution < -0.4 is 10.1 Å². The summed E-state index contributed by atoms with van der Waals surface area (Å²) in [6.45, 7) is 1.80. The molecule has 1 aliphatic heterocycles. The Kier molecular flexibility index (Phi) is 7.90. The van der Waals surface area contributed by atoms with E-state index >= 15 is 0 Å². The van der Waals surface area contributed by atoms with Crippen molar-refractivity contribution in [1.29, 1.82) is 0 Å². The lowest BCUT2D eigenvalue weighted by molar-refractivity contribution is -0.134. The van der Waals surface area contributed by atoms with Crippen LogP contribution in [0.3, 0.4) is 0 Å². The number of halogens is 2. The summed E-state index contributed by atoms with van der Waals surface area (Å²) in [6.07, 6.45) is 2.24. The summed E-state index contributed by atoms with van der Waals surface area (Å²) in [7, 11) is 1.91. The number of hydrogen-bond donors (Lipinski definition) is 2. The molecule has 1 heterocycles. The lowest BCUT2D eigenvalue weighted by Gasteiger charge is -2.37. The normalized spacial score (nSPS) is 20.7. The van der Waals surface area contributed by atoms with Crippen LogP contribution in [0.15, 0.2) is 48.5 Å². The number of nitrogens with zero attached hydrogens (tertiary/aromatic N) is 1. The maximum Gasteiger partial charge on any atom is 0.335 e. The van der Waals surface area contributed by atoms with Gasteiger partial charge in [0.25, 0.3) is 0 Å². The molecular formula is C24H28Cl2N2O5. The van der Waals surface area contributed by atoms with Crippen LogP contribution in [0.25, 0.3) is 0 Å². The number of likely N-dealkylation sites (N-methyl/N-ethyl adjacent to an activating group) is 1. The highest BCUT2D eigenvalue weighted by atomic mass is 35.5. The average Bonchev–Trinajstić information content (AvgIpc) is 3.37. The number of carboxylic acids is 1. The molecule has 1 unspecified atom stereocenters. The largest absolute Gasteiger partial charge is 0.492 e. The predicted molar refractivity (Wildman–Crippen MR) is 127 cm³/mol. The van der Waals surface area contributed by atoms with E-state index in [0.717, 1.165) is 18.4 Å². The molecule has 178 valence electrons. The molecule has 0 spiro atoms. The van der Waals surface area contributed by atoms with Crippen LogP contribution >= 0.6 is 24.0 Å². The molecule has 1 saturated carbocycles. The predicted octanol–water partition coefficient (Wildman–Crippen LogP) is 3.74. The summed E-state index contributed by atoms with van der Waals surface area (Å²) in [5, 5.41) is 13.0. The summed E-state index contributed by atoms with van der Waals surface area (Å²) < 4.78 is 11.4. The third-order valence-electron chi connectivity index (χ3n) is 6.43. The van der Waals surface area contributed by atoms with E-state index in [1.807, 2.05) is 24.1 Å². The molecule has 1 atom stereocenters. The van der Waals surface area contributed by atoms with Gasteiger partial charge in [0.05, 0.1) is 17.7 Å². The van der Waals surface area contributed by atoms with E-state index in [0.29, 0.717) is 43.6 Å². The second-order valence-corrected chi connectivity index (χ2v) is 8.92. The highest BCUT2D eigenvalue weighted by molar-refractivity contribution is 6.30. The number of benzene rings is 2. The Balaban J connectivity index is 0.00000306. The summed E-state index contributed by atoms with van der Waals surface area (Å²) >= 11 is 6.01. The van der Waals surface area contributed by atoms with Gasteiger partial charge in [0.1, 0.15) is 17.9 Å². The zero-order valence-corrected chi connectivity index (χ0v) is 20.0. The van der Waals surface area contributed by atoms with Crippen LogP contribution in [-0.2, 0) is 15.1 Å². The molecule has 33 heavy (non-hydrogen) atoms. The lowest BCUT2D eigenvalue weighted by Crippen LogP contribution is -2.60. The topological polar surface area (TPSA) is 88.1 Å².